The zero-order valence-corrected chi connectivity index (χ0v) is 6.47. The fraction of sp³-hybridized carbons (Fsp3) is 0.600. The molecule has 0 aromatic heterocycles. The molecule has 0 atom stereocenters. The summed E-state index contributed by atoms with van der Waals surface area (Å²) < 4.78 is 0. The third-order valence-corrected chi connectivity index (χ3v) is 1.28. The van der Waals surface area contributed by atoms with E-state index in [1.165, 1.54) is 6.92 Å². The van der Waals surface area contributed by atoms with Gasteiger partial charge in [-0.2, -0.15) is 12.6 Å². The number of nitrogens with zero attached hydrogens (tertiary/aromatic N) is 1. The Bertz CT molecular complexity index is 148. The highest BCUT2D eigenvalue weighted by molar-refractivity contribution is 7.80. The van der Waals surface area contributed by atoms with E-state index in [0.29, 0.717) is 0 Å². The van der Waals surface area contributed by atoms with Crippen LogP contribution >= 0.6 is 12.6 Å². The van der Waals surface area contributed by atoms with Crippen molar-refractivity contribution < 1.29 is 14.7 Å². The van der Waals surface area contributed by atoms with Crippen LogP contribution in [0.1, 0.15) is 6.92 Å². The predicted molar refractivity (Wildman–Crippen MR) is 38.9 cm³/mol. The van der Waals surface area contributed by atoms with Crippen LogP contribution in [0.15, 0.2) is 0 Å². The number of hydrogen-bond donors (Lipinski definition) is 2. The summed E-state index contributed by atoms with van der Waals surface area (Å²) in [5.41, 5.74) is 0. The number of aliphatic carboxylic acids is 1. The van der Waals surface area contributed by atoms with E-state index in [-0.39, 0.29) is 18.3 Å². The lowest BCUT2D eigenvalue weighted by atomic mass is 10.5. The van der Waals surface area contributed by atoms with Crippen molar-refractivity contribution in [3.63, 3.8) is 0 Å². The molecule has 0 rings (SSSR count). The molecule has 0 bridgehead atoms. The summed E-state index contributed by atoms with van der Waals surface area (Å²) in [6.07, 6.45) is 0. The van der Waals surface area contributed by atoms with Crippen LogP contribution in [-0.2, 0) is 9.59 Å². The van der Waals surface area contributed by atoms with Gasteiger partial charge in [-0.3, -0.25) is 9.59 Å². The van der Waals surface area contributed by atoms with Crippen LogP contribution in [0.3, 0.4) is 0 Å². The van der Waals surface area contributed by atoms with E-state index in [0.717, 1.165) is 4.90 Å². The molecule has 0 aromatic carbocycles. The molecule has 0 saturated heterocycles. The first kappa shape index (κ1) is 9.29. The van der Waals surface area contributed by atoms with Gasteiger partial charge in [-0.25, -0.2) is 0 Å². The maximum absolute atomic E-state index is 10.5. The van der Waals surface area contributed by atoms with E-state index < -0.39 is 5.97 Å². The van der Waals surface area contributed by atoms with Gasteiger partial charge in [-0.05, 0) is 0 Å². The number of thiol groups is 1. The Morgan fingerprint density at radius 1 is 1.60 bits per heavy atom. The molecular formula is C5H9NO3S. The fourth-order valence-corrected chi connectivity index (χ4v) is 0.723. The summed E-state index contributed by atoms with van der Waals surface area (Å²) in [5.74, 6) is -1.16. The largest absolute Gasteiger partial charge is 0.480 e. The topological polar surface area (TPSA) is 57.6 Å². The second-order valence-corrected chi connectivity index (χ2v) is 2.03. The molecule has 4 nitrogen and oxygen atoms in total. The Labute approximate surface area is 64.2 Å². The first-order valence-corrected chi connectivity index (χ1v) is 3.29. The van der Waals surface area contributed by atoms with E-state index in [9.17, 15) is 9.59 Å². The van der Waals surface area contributed by atoms with Gasteiger partial charge in [-0.15, -0.1) is 0 Å². The maximum atomic E-state index is 10.5. The van der Waals surface area contributed by atoms with Crippen molar-refractivity contribution in [2.45, 2.75) is 6.92 Å². The number of carboxylic acids is 1. The van der Waals surface area contributed by atoms with E-state index >= 15 is 0 Å². The number of carbonyl (C=O) groups is 2. The Kier molecular flexibility index (Phi) is 3.87. The molecule has 0 unspecified atom stereocenters. The van der Waals surface area contributed by atoms with E-state index in [1.807, 2.05) is 0 Å². The molecule has 5 heteroatoms. The lowest BCUT2D eigenvalue weighted by molar-refractivity contribution is -0.142. The Morgan fingerprint density at radius 2 is 2.10 bits per heavy atom. The molecule has 0 aliphatic carbocycles. The van der Waals surface area contributed by atoms with Crippen LogP contribution in [0.2, 0.25) is 0 Å². The minimum atomic E-state index is -1.02. The number of carboxylic acid groups (broad SMARTS) is 1. The third kappa shape index (κ3) is 3.34. The van der Waals surface area contributed by atoms with Crippen molar-refractivity contribution in [2.24, 2.45) is 0 Å². The molecule has 0 aliphatic heterocycles. The molecular weight excluding hydrogens is 154 g/mol. The Morgan fingerprint density at radius 3 is 2.20 bits per heavy atom. The van der Waals surface area contributed by atoms with Crippen molar-refractivity contribution in [3.05, 3.63) is 0 Å². The van der Waals surface area contributed by atoms with Gasteiger partial charge in [0.15, 0.2) is 0 Å². The first-order chi connectivity index (χ1) is 4.57. The predicted octanol–water partition coefficient (Wildman–Crippen LogP) is -0.193. The SMILES string of the molecule is CC(=O)N(CS)CC(=O)O. The van der Waals surface area contributed by atoms with Gasteiger partial charge in [0, 0.05) is 6.92 Å². The first-order valence-electron chi connectivity index (χ1n) is 2.66. The molecule has 1 N–H and O–H groups in total. The van der Waals surface area contributed by atoms with E-state index in [1.54, 1.807) is 0 Å². The molecule has 0 saturated carbocycles. The van der Waals surface area contributed by atoms with Gasteiger partial charge in [0.2, 0.25) is 5.91 Å². The molecule has 0 aromatic rings. The molecule has 0 fully saturated rings. The van der Waals surface area contributed by atoms with Gasteiger partial charge in [0.05, 0.1) is 5.88 Å². The highest BCUT2D eigenvalue weighted by Crippen LogP contribution is 1.90. The van der Waals surface area contributed by atoms with Gasteiger partial charge in [-0.1, -0.05) is 0 Å². The van der Waals surface area contributed by atoms with Gasteiger partial charge < -0.3 is 10.0 Å². The van der Waals surface area contributed by atoms with Crippen LogP contribution in [0.25, 0.3) is 0 Å². The second-order valence-electron chi connectivity index (χ2n) is 1.75. The van der Waals surface area contributed by atoms with Crippen LogP contribution in [-0.4, -0.2) is 34.3 Å². The molecule has 0 aliphatic rings. The molecule has 0 spiro atoms. The van der Waals surface area contributed by atoms with Crippen molar-refractivity contribution in [3.8, 4) is 0 Å². The van der Waals surface area contributed by atoms with Gasteiger partial charge in [0.1, 0.15) is 6.54 Å². The summed E-state index contributed by atoms with van der Waals surface area (Å²) in [7, 11) is 0. The van der Waals surface area contributed by atoms with E-state index in [2.05, 4.69) is 12.6 Å². The minimum Gasteiger partial charge on any atom is -0.480 e. The standard InChI is InChI=1S/C5H9NO3S/c1-4(7)6(3-10)2-5(8)9/h10H,2-3H2,1H3,(H,8,9). The summed E-state index contributed by atoms with van der Waals surface area (Å²) >= 11 is 3.77. The number of carbonyl (C=O) groups excluding carboxylic acids is 1. The average Bonchev–Trinajstić information content (AvgIpc) is 1.81. The van der Waals surface area contributed by atoms with Crippen molar-refractivity contribution in [1.29, 1.82) is 0 Å². The van der Waals surface area contributed by atoms with Crippen molar-refractivity contribution in [1.82, 2.24) is 4.90 Å². The molecule has 0 radical (unpaired) electrons. The normalized spacial score (nSPS) is 9.00. The lowest BCUT2D eigenvalue weighted by Crippen LogP contribution is -2.32. The fourth-order valence-electron chi connectivity index (χ4n) is 0.424. The van der Waals surface area contributed by atoms with Crippen LogP contribution < -0.4 is 0 Å². The summed E-state index contributed by atoms with van der Waals surface area (Å²) in [6, 6.07) is 0. The number of hydrogen-bond acceptors (Lipinski definition) is 3. The average molecular weight is 163 g/mol. The van der Waals surface area contributed by atoms with Gasteiger partial charge in [0.25, 0.3) is 0 Å². The van der Waals surface area contributed by atoms with Crippen molar-refractivity contribution >= 4 is 24.5 Å². The molecule has 0 heterocycles. The van der Waals surface area contributed by atoms with Crippen LogP contribution in [0, 0.1) is 0 Å². The summed E-state index contributed by atoms with van der Waals surface area (Å²) in [5, 5.41) is 8.24. The van der Waals surface area contributed by atoms with Crippen molar-refractivity contribution in [2.75, 3.05) is 12.4 Å². The molecule has 1 amide bonds. The zero-order valence-electron chi connectivity index (χ0n) is 5.57. The smallest absolute Gasteiger partial charge is 0.323 e. The highest BCUT2D eigenvalue weighted by Gasteiger charge is 2.09. The zero-order chi connectivity index (χ0) is 8.15. The summed E-state index contributed by atoms with van der Waals surface area (Å²) in [6.45, 7) is 1.03. The molecule has 10 heavy (non-hydrogen) atoms. The van der Waals surface area contributed by atoms with Crippen LogP contribution in [0.4, 0.5) is 0 Å². The Hall–Kier alpha value is -0.710. The number of amides is 1. The number of rotatable bonds is 3. The highest BCUT2D eigenvalue weighted by atomic mass is 32.1. The Balaban J connectivity index is 3.83. The quantitative estimate of drug-likeness (QED) is 0.447. The van der Waals surface area contributed by atoms with Gasteiger partial charge >= 0.3 is 5.97 Å². The molecule has 58 valence electrons. The second kappa shape index (κ2) is 4.16. The third-order valence-electron chi connectivity index (χ3n) is 0.942. The van der Waals surface area contributed by atoms with E-state index in [4.69, 9.17) is 5.11 Å². The van der Waals surface area contributed by atoms with Crippen LogP contribution in [0.5, 0.6) is 0 Å². The minimum absolute atomic E-state index is 0.141. The summed E-state index contributed by atoms with van der Waals surface area (Å²) in [4.78, 5) is 21.7. The monoisotopic (exact) mass is 163 g/mol. The maximum Gasteiger partial charge on any atom is 0.323 e. The lowest BCUT2D eigenvalue weighted by Gasteiger charge is -2.14.